The minimum absolute atomic E-state index is 0.281. The molecule has 0 spiro atoms. The second-order valence-electron chi connectivity index (χ2n) is 9.46. The first-order valence-corrected chi connectivity index (χ1v) is 11.8. The molecule has 1 aromatic rings. The molecule has 3 heteroatoms. The zero-order valence-electron chi connectivity index (χ0n) is 17.7. The lowest BCUT2D eigenvalue weighted by molar-refractivity contribution is -0.142. The first kappa shape index (κ1) is 19.9. The molecule has 0 N–H and O–H groups in total. The maximum absolute atomic E-state index is 13.5. The molecule has 28 heavy (non-hydrogen) atoms. The molecule has 1 unspecified atom stereocenters. The number of unbranched alkanes of at least 4 members (excludes halogenated alkanes) is 1. The van der Waals surface area contributed by atoms with Gasteiger partial charge >= 0.3 is 0 Å². The summed E-state index contributed by atoms with van der Waals surface area (Å²) < 4.78 is 0. The zero-order chi connectivity index (χ0) is 19.3. The molecule has 154 valence electrons. The van der Waals surface area contributed by atoms with Crippen LogP contribution < -0.4 is 0 Å². The quantitative estimate of drug-likeness (QED) is 0.669. The van der Waals surface area contributed by atoms with Crippen molar-refractivity contribution in [2.45, 2.75) is 83.2 Å². The third kappa shape index (κ3) is 4.97. The predicted octanol–water partition coefficient (Wildman–Crippen LogP) is 4.90. The Morgan fingerprint density at radius 3 is 2.43 bits per heavy atom. The van der Waals surface area contributed by atoms with Gasteiger partial charge in [0.25, 0.3) is 0 Å². The summed E-state index contributed by atoms with van der Waals surface area (Å²) in [5, 5.41) is 0. The average molecular weight is 383 g/mol. The van der Waals surface area contributed by atoms with Crippen LogP contribution in [0.4, 0.5) is 0 Å². The smallest absolute Gasteiger partial charge is 0.226 e. The highest BCUT2D eigenvalue weighted by Gasteiger charge is 2.39. The summed E-state index contributed by atoms with van der Waals surface area (Å²) in [7, 11) is 0. The van der Waals surface area contributed by atoms with Gasteiger partial charge in [0.1, 0.15) is 0 Å². The third-order valence-electron chi connectivity index (χ3n) is 7.34. The van der Waals surface area contributed by atoms with Crippen molar-refractivity contribution in [3.63, 3.8) is 0 Å². The van der Waals surface area contributed by atoms with Gasteiger partial charge in [0.05, 0.1) is 0 Å². The molecular formula is C25H38N2O. The lowest BCUT2D eigenvalue weighted by Gasteiger charge is -2.44. The molecule has 0 aromatic heterocycles. The van der Waals surface area contributed by atoms with Gasteiger partial charge in [0, 0.05) is 37.6 Å². The molecule has 2 aliphatic carbocycles. The monoisotopic (exact) mass is 382 g/mol. The summed E-state index contributed by atoms with van der Waals surface area (Å²) in [5.74, 6) is 1.62. The second kappa shape index (κ2) is 9.43. The summed E-state index contributed by atoms with van der Waals surface area (Å²) in [5.41, 5.74) is 1.37. The van der Waals surface area contributed by atoms with Crippen LogP contribution in [0.3, 0.4) is 0 Å². The van der Waals surface area contributed by atoms with Gasteiger partial charge in [-0.05, 0) is 56.4 Å². The molecule has 3 fully saturated rings. The Balaban J connectivity index is 1.38. The maximum Gasteiger partial charge on any atom is 0.226 e. The normalized spacial score (nSPS) is 29.0. The molecule has 1 amide bonds. The average Bonchev–Trinajstić information content (AvgIpc) is 3.58. The van der Waals surface area contributed by atoms with E-state index in [-0.39, 0.29) is 5.92 Å². The molecular weight excluding hydrogens is 344 g/mol. The SMILES string of the molecule is CCCCC1CCC(C(=O)N2CCN(C3CC3)CC2Cc2ccccc2)CC1. The summed E-state index contributed by atoms with van der Waals surface area (Å²) in [6.45, 7) is 5.36. The molecule has 1 saturated heterocycles. The van der Waals surface area contributed by atoms with Gasteiger partial charge < -0.3 is 4.90 Å². The summed E-state index contributed by atoms with van der Waals surface area (Å²) in [6.07, 6.45) is 12.5. The van der Waals surface area contributed by atoms with Crippen LogP contribution in [0, 0.1) is 11.8 Å². The van der Waals surface area contributed by atoms with Gasteiger partial charge in [-0.2, -0.15) is 0 Å². The number of hydrogen-bond acceptors (Lipinski definition) is 2. The lowest BCUT2D eigenvalue weighted by atomic mass is 9.79. The standard InChI is InChI=1S/C25H38N2O/c1-2-3-7-20-10-12-22(13-11-20)25(28)27-17-16-26(23-14-15-23)19-24(27)18-21-8-5-4-6-9-21/h4-6,8-9,20,22-24H,2-3,7,10-19H2,1H3. The number of carbonyl (C=O) groups excluding carboxylic acids is 1. The molecule has 0 bridgehead atoms. The van der Waals surface area contributed by atoms with Gasteiger partial charge in [0.2, 0.25) is 5.91 Å². The first-order chi connectivity index (χ1) is 13.7. The van der Waals surface area contributed by atoms with Crippen LogP contribution in [-0.4, -0.2) is 47.4 Å². The van der Waals surface area contributed by atoms with Crippen LogP contribution in [0.5, 0.6) is 0 Å². The maximum atomic E-state index is 13.5. The highest BCUT2D eigenvalue weighted by Crippen LogP contribution is 2.35. The van der Waals surface area contributed by atoms with E-state index in [4.69, 9.17) is 0 Å². The number of hydrogen-bond donors (Lipinski definition) is 0. The first-order valence-electron chi connectivity index (χ1n) is 11.8. The van der Waals surface area contributed by atoms with Crippen molar-refractivity contribution in [3.05, 3.63) is 35.9 Å². The van der Waals surface area contributed by atoms with Crippen molar-refractivity contribution in [1.29, 1.82) is 0 Å². The fourth-order valence-corrected chi connectivity index (χ4v) is 5.43. The number of piperazine rings is 1. The van der Waals surface area contributed by atoms with Crippen LogP contribution >= 0.6 is 0 Å². The molecule has 0 radical (unpaired) electrons. The van der Waals surface area contributed by atoms with Gasteiger partial charge in [0.15, 0.2) is 0 Å². The number of benzene rings is 1. The second-order valence-corrected chi connectivity index (χ2v) is 9.46. The summed E-state index contributed by atoms with van der Waals surface area (Å²) in [6, 6.07) is 11.9. The van der Waals surface area contributed by atoms with Crippen molar-refractivity contribution in [2.75, 3.05) is 19.6 Å². The van der Waals surface area contributed by atoms with E-state index in [1.165, 1.54) is 50.5 Å². The molecule has 1 heterocycles. The van der Waals surface area contributed by atoms with E-state index in [9.17, 15) is 4.79 Å². The Morgan fingerprint density at radius 2 is 1.75 bits per heavy atom. The van der Waals surface area contributed by atoms with Crippen molar-refractivity contribution >= 4 is 5.91 Å². The topological polar surface area (TPSA) is 23.6 Å². The van der Waals surface area contributed by atoms with Crippen molar-refractivity contribution < 1.29 is 4.79 Å². The van der Waals surface area contributed by atoms with Crippen molar-refractivity contribution in [3.8, 4) is 0 Å². The van der Waals surface area contributed by atoms with E-state index >= 15 is 0 Å². The summed E-state index contributed by atoms with van der Waals surface area (Å²) in [4.78, 5) is 18.4. The number of nitrogens with zero attached hydrogens (tertiary/aromatic N) is 2. The van der Waals surface area contributed by atoms with E-state index in [1.807, 2.05) is 0 Å². The molecule has 4 rings (SSSR count). The third-order valence-corrected chi connectivity index (χ3v) is 7.34. The zero-order valence-corrected chi connectivity index (χ0v) is 17.7. The van der Waals surface area contributed by atoms with Gasteiger partial charge in [-0.3, -0.25) is 9.69 Å². The Hall–Kier alpha value is -1.35. The minimum Gasteiger partial charge on any atom is -0.337 e. The van der Waals surface area contributed by atoms with Crippen LogP contribution in [0.25, 0.3) is 0 Å². The highest BCUT2D eigenvalue weighted by atomic mass is 16.2. The van der Waals surface area contributed by atoms with Crippen LogP contribution in [0.2, 0.25) is 0 Å². The van der Waals surface area contributed by atoms with Crippen molar-refractivity contribution in [1.82, 2.24) is 9.80 Å². The fourth-order valence-electron chi connectivity index (χ4n) is 5.43. The van der Waals surface area contributed by atoms with Gasteiger partial charge in [-0.1, -0.05) is 56.5 Å². The molecule has 1 aliphatic heterocycles. The Labute approximate surface area is 171 Å². The minimum atomic E-state index is 0.281. The van der Waals surface area contributed by atoms with E-state index in [0.717, 1.165) is 50.9 Å². The predicted molar refractivity (Wildman–Crippen MR) is 115 cm³/mol. The van der Waals surface area contributed by atoms with E-state index < -0.39 is 0 Å². The molecule has 1 atom stereocenters. The van der Waals surface area contributed by atoms with E-state index in [1.54, 1.807) is 0 Å². The molecule has 3 nitrogen and oxygen atoms in total. The van der Waals surface area contributed by atoms with E-state index in [2.05, 4.69) is 47.1 Å². The van der Waals surface area contributed by atoms with E-state index in [0.29, 0.717) is 11.9 Å². The lowest BCUT2D eigenvalue weighted by Crippen LogP contribution is -2.57. The van der Waals surface area contributed by atoms with Gasteiger partial charge in [-0.25, -0.2) is 0 Å². The Morgan fingerprint density at radius 1 is 1.00 bits per heavy atom. The molecule has 2 saturated carbocycles. The van der Waals surface area contributed by atoms with Crippen LogP contribution in [0.1, 0.15) is 70.3 Å². The van der Waals surface area contributed by atoms with Gasteiger partial charge in [-0.15, -0.1) is 0 Å². The molecule has 3 aliphatic rings. The number of amides is 1. The fraction of sp³-hybridized carbons (Fsp3) is 0.720. The van der Waals surface area contributed by atoms with Crippen LogP contribution in [-0.2, 0) is 11.2 Å². The Kier molecular flexibility index (Phi) is 6.72. The van der Waals surface area contributed by atoms with Crippen LogP contribution in [0.15, 0.2) is 30.3 Å². The van der Waals surface area contributed by atoms with Crippen molar-refractivity contribution in [2.24, 2.45) is 11.8 Å². The number of carbonyl (C=O) groups is 1. The molecule has 1 aromatic carbocycles. The largest absolute Gasteiger partial charge is 0.337 e. The summed E-state index contributed by atoms with van der Waals surface area (Å²) >= 11 is 0. The number of rotatable bonds is 7. The Bertz CT molecular complexity index is 619. The highest BCUT2D eigenvalue weighted by molar-refractivity contribution is 5.79.